The van der Waals surface area contributed by atoms with E-state index >= 15 is 0 Å². The first-order chi connectivity index (χ1) is 14.9. The number of ether oxygens (including phenoxy) is 4. The Hall–Kier alpha value is -1.65. The summed E-state index contributed by atoms with van der Waals surface area (Å²) in [6.45, 7) is 2.41. The van der Waals surface area contributed by atoms with Gasteiger partial charge in [0.25, 0.3) is 0 Å². The zero-order valence-corrected chi connectivity index (χ0v) is 18.8. The Balaban J connectivity index is 1.75. The van der Waals surface area contributed by atoms with Crippen LogP contribution in [0.5, 0.6) is 0 Å². The van der Waals surface area contributed by atoms with Crippen LogP contribution in [-0.2, 0) is 18.9 Å². The highest BCUT2D eigenvalue weighted by molar-refractivity contribution is 8.00. The van der Waals surface area contributed by atoms with Gasteiger partial charge in [-0.05, 0) is 25.1 Å². The molecule has 2 aromatic rings. The smallest absolute Gasteiger partial charge is 0.336 e. The van der Waals surface area contributed by atoms with Gasteiger partial charge in [-0.15, -0.1) is 0 Å². The fraction of sp³-hybridized carbons (Fsp3) is 0.409. The highest BCUT2D eigenvalue weighted by Crippen LogP contribution is 2.35. The van der Waals surface area contributed by atoms with Gasteiger partial charge in [0.2, 0.25) is 0 Å². The van der Waals surface area contributed by atoms with Crippen LogP contribution in [0.15, 0.2) is 53.4 Å². The number of rotatable bonds is 9. The van der Waals surface area contributed by atoms with Crippen LogP contribution < -0.4 is 5.73 Å². The summed E-state index contributed by atoms with van der Waals surface area (Å²) in [7, 11) is 1.53. The summed E-state index contributed by atoms with van der Waals surface area (Å²) >= 11 is 7.30. The summed E-state index contributed by atoms with van der Waals surface area (Å²) in [6, 6.07) is 14.3. The number of carbonyl (C=O) groups is 1. The van der Waals surface area contributed by atoms with Gasteiger partial charge in [-0.2, -0.15) is 0 Å². The van der Waals surface area contributed by atoms with E-state index in [0.717, 1.165) is 5.56 Å². The lowest BCUT2D eigenvalue weighted by Crippen LogP contribution is -2.45. The molecule has 0 amide bonds. The fourth-order valence-electron chi connectivity index (χ4n) is 3.15. The molecule has 0 saturated carbocycles. The monoisotopic (exact) mass is 467 g/mol. The predicted octanol–water partition coefficient (Wildman–Crippen LogP) is 3.95. The third-order valence-corrected chi connectivity index (χ3v) is 6.38. The number of carboxylic acids is 1. The van der Waals surface area contributed by atoms with Crippen molar-refractivity contribution < 1.29 is 28.8 Å². The summed E-state index contributed by atoms with van der Waals surface area (Å²) in [5.74, 6) is -1.05. The lowest BCUT2D eigenvalue weighted by Gasteiger charge is -2.37. The summed E-state index contributed by atoms with van der Waals surface area (Å²) in [5.41, 5.74) is 6.34. The standard InChI is InChI=1S/C22H26ClNO6S/c1-13-18(12-28-21(29-13)14-6-4-3-5-7-14)30-22(17(11-24)27-2)31-19-10-15(23)8-9-16(19)20(25)26/h3-10,13,17-18,21-22H,11-12,24H2,1-2H3,(H,25,26)/t13?,17-,18?,21?,22?/m0/s1. The molecule has 0 aromatic heterocycles. The second kappa shape index (κ2) is 11.3. The molecular weight excluding hydrogens is 442 g/mol. The van der Waals surface area contributed by atoms with Gasteiger partial charge in [0.1, 0.15) is 17.6 Å². The molecule has 3 rings (SSSR count). The van der Waals surface area contributed by atoms with E-state index in [0.29, 0.717) is 16.5 Å². The number of halogens is 1. The van der Waals surface area contributed by atoms with Gasteiger partial charge in [0, 0.05) is 29.1 Å². The van der Waals surface area contributed by atoms with Crippen molar-refractivity contribution in [2.75, 3.05) is 20.3 Å². The lowest BCUT2D eigenvalue weighted by atomic mass is 10.1. The van der Waals surface area contributed by atoms with E-state index in [1.54, 1.807) is 6.07 Å². The molecule has 1 aliphatic rings. The minimum Gasteiger partial charge on any atom is -0.478 e. The van der Waals surface area contributed by atoms with E-state index in [1.165, 1.54) is 31.0 Å². The number of hydrogen-bond acceptors (Lipinski definition) is 7. The zero-order valence-electron chi connectivity index (χ0n) is 17.3. The molecule has 3 N–H and O–H groups in total. The lowest BCUT2D eigenvalue weighted by molar-refractivity contribution is -0.266. The van der Waals surface area contributed by atoms with Crippen molar-refractivity contribution in [3.05, 3.63) is 64.7 Å². The molecule has 0 spiro atoms. The fourth-order valence-corrected chi connectivity index (χ4v) is 4.69. The number of methoxy groups -OCH3 is 1. The minimum atomic E-state index is -1.05. The topological polar surface area (TPSA) is 100 Å². The van der Waals surface area contributed by atoms with E-state index in [-0.39, 0.29) is 18.2 Å². The maximum atomic E-state index is 11.6. The number of nitrogens with two attached hydrogens (primary N) is 1. The third-order valence-electron chi connectivity index (χ3n) is 4.91. The number of carboxylic acid groups (broad SMARTS) is 1. The Labute approximate surface area is 190 Å². The van der Waals surface area contributed by atoms with Crippen LogP contribution >= 0.6 is 23.4 Å². The van der Waals surface area contributed by atoms with Crippen molar-refractivity contribution in [3.63, 3.8) is 0 Å². The van der Waals surface area contributed by atoms with Gasteiger partial charge in [0.05, 0.1) is 18.3 Å². The molecule has 9 heteroatoms. The number of hydrogen-bond donors (Lipinski definition) is 2. The molecule has 0 bridgehead atoms. The van der Waals surface area contributed by atoms with Crippen LogP contribution in [0.25, 0.3) is 0 Å². The molecule has 1 saturated heterocycles. The Kier molecular flexibility index (Phi) is 8.74. The number of benzene rings is 2. The third kappa shape index (κ3) is 6.20. The van der Waals surface area contributed by atoms with E-state index in [4.69, 9.17) is 36.3 Å². The highest BCUT2D eigenvalue weighted by atomic mass is 35.5. The first kappa shape index (κ1) is 24.0. The Bertz CT molecular complexity index is 866. The highest BCUT2D eigenvalue weighted by Gasteiger charge is 2.35. The van der Waals surface area contributed by atoms with Crippen molar-refractivity contribution in [2.24, 2.45) is 5.73 Å². The predicted molar refractivity (Wildman–Crippen MR) is 118 cm³/mol. The maximum Gasteiger partial charge on any atom is 0.336 e. The van der Waals surface area contributed by atoms with Crippen molar-refractivity contribution in [1.82, 2.24) is 0 Å². The molecule has 7 nitrogen and oxygen atoms in total. The minimum absolute atomic E-state index is 0.128. The summed E-state index contributed by atoms with van der Waals surface area (Å²) < 4.78 is 23.7. The van der Waals surface area contributed by atoms with Gasteiger partial charge < -0.3 is 29.8 Å². The molecule has 1 fully saturated rings. The average molecular weight is 468 g/mol. The zero-order chi connectivity index (χ0) is 22.4. The second-order valence-corrected chi connectivity index (χ2v) is 8.61. The van der Waals surface area contributed by atoms with E-state index < -0.39 is 29.9 Å². The van der Waals surface area contributed by atoms with Crippen molar-refractivity contribution >= 4 is 29.3 Å². The Morgan fingerprint density at radius 1 is 1.32 bits per heavy atom. The first-order valence-corrected chi connectivity index (χ1v) is 11.1. The quantitative estimate of drug-likeness (QED) is 0.422. The Morgan fingerprint density at radius 3 is 2.68 bits per heavy atom. The van der Waals surface area contributed by atoms with Crippen LogP contribution in [0.2, 0.25) is 5.02 Å². The molecule has 31 heavy (non-hydrogen) atoms. The van der Waals surface area contributed by atoms with Crippen LogP contribution in [0.1, 0.15) is 29.1 Å². The van der Waals surface area contributed by atoms with Crippen LogP contribution in [0, 0.1) is 0 Å². The number of aromatic carboxylic acids is 1. The molecule has 0 radical (unpaired) electrons. The summed E-state index contributed by atoms with van der Waals surface area (Å²) in [4.78, 5) is 12.1. The van der Waals surface area contributed by atoms with E-state index in [9.17, 15) is 9.90 Å². The molecule has 1 heterocycles. The van der Waals surface area contributed by atoms with Crippen molar-refractivity contribution in [3.8, 4) is 0 Å². The largest absolute Gasteiger partial charge is 0.478 e. The second-order valence-electron chi connectivity index (χ2n) is 7.03. The van der Waals surface area contributed by atoms with E-state index in [1.807, 2.05) is 37.3 Å². The molecule has 0 aliphatic carbocycles. The summed E-state index contributed by atoms with van der Waals surface area (Å²) in [5, 5.41) is 9.96. The van der Waals surface area contributed by atoms with Crippen molar-refractivity contribution in [1.29, 1.82) is 0 Å². The number of thioether (sulfide) groups is 1. The van der Waals surface area contributed by atoms with Crippen molar-refractivity contribution in [2.45, 2.75) is 41.9 Å². The molecule has 168 valence electrons. The average Bonchev–Trinajstić information content (AvgIpc) is 2.76. The molecule has 4 unspecified atom stereocenters. The van der Waals surface area contributed by atoms with Gasteiger partial charge in [-0.3, -0.25) is 0 Å². The summed E-state index contributed by atoms with van der Waals surface area (Å²) in [6.07, 6.45) is -1.61. The molecule has 5 atom stereocenters. The van der Waals surface area contributed by atoms with Crippen LogP contribution in [0.3, 0.4) is 0 Å². The normalized spacial score (nSPS) is 23.3. The van der Waals surface area contributed by atoms with Gasteiger partial charge in [-0.25, -0.2) is 4.79 Å². The first-order valence-electron chi connectivity index (χ1n) is 9.82. The van der Waals surface area contributed by atoms with Crippen LogP contribution in [-0.4, -0.2) is 55.1 Å². The molecule has 1 aliphatic heterocycles. The maximum absolute atomic E-state index is 11.6. The Morgan fingerprint density at radius 2 is 2.06 bits per heavy atom. The molecular formula is C22H26ClNO6S. The molecule has 2 aromatic carbocycles. The van der Waals surface area contributed by atoms with Crippen LogP contribution in [0.4, 0.5) is 0 Å². The van der Waals surface area contributed by atoms with E-state index in [2.05, 4.69) is 0 Å². The van der Waals surface area contributed by atoms with Gasteiger partial charge in [0.15, 0.2) is 6.29 Å². The van der Waals surface area contributed by atoms with Gasteiger partial charge in [-0.1, -0.05) is 53.7 Å². The van der Waals surface area contributed by atoms with Gasteiger partial charge >= 0.3 is 5.97 Å². The SMILES string of the molecule is CO[C@@H](CN)C(OC1COC(c2ccccc2)OC1C)Sc1cc(Cl)ccc1C(=O)O.